The van der Waals surface area contributed by atoms with Crippen molar-refractivity contribution in [2.24, 2.45) is 5.14 Å². The van der Waals surface area contributed by atoms with Gasteiger partial charge in [0.15, 0.2) is 0 Å². The van der Waals surface area contributed by atoms with Crippen LogP contribution in [0.4, 0.5) is 10.1 Å². The van der Waals surface area contributed by atoms with Crippen LogP contribution in [0.1, 0.15) is 16.1 Å². The third kappa shape index (κ3) is 2.83. The van der Waals surface area contributed by atoms with Gasteiger partial charge < -0.3 is 9.84 Å². The quantitative estimate of drug-likeness (QED) is 0.878. The summed E-state index contributed by atoms with van der Waals surface area (Å²) in [6.45, 7) is 1.51. The Hall–Kier alpha value is -2.26. The summed E-state index contributed by atoms with van der Waals surface area (Å²) in [5.74, 6) is -1.21. The van der Waals surface area contributed by atoms with Crippen LogP contribution in [-0.4, -0.2) is 19.5 Å². The lowest BCUT2D eigenvalue weighted by molar-refractivity contribution is 0.102. The van der Waals surface area contributed by atoms with Gasteiger partial charge in [-0.25, -0.2) is 17.9 Å². The van der Waals surface area contributed by atoms with E-state index in [1.54, 1.807) is 0 Å². The van der Waals surface area contributed by atoms with Gasteiger partial charge in [-0.3, -0.25) is 4.79 Å². The first-order valence-electron chi connectivity index (χ1n) is 5.34. The van der Waals surface area contributed by atoms with Gasteiger partial charge in [-0.05, 0) is 25.1 Å². The second-order valence-corrected chi connectivity index (χ2v) is 5.50. The van der Waals surface area contributed by atoms with Crippen molar-refractivity contribution in [2.75, 3.05) is 5.32 Å². The van der Waals surface area contributed by atoms with Crippen LogP contribution < -0.4 is 10.5 Å². The highest BCUT2D eigenvalue weighted by molar-refractivity contribution is 7.89. The fraction of sp³-hybridized carbons (Fsp3) is 0.0909. The maximum Gasteiger partial charge on any atom is 0.260 e. The summed E-state index contributed by atoms with van der Waals surface area (Å²) >= 11 is 0. The highest BCUT2D eigenvalue weighted by Crippen LogP contribution is 2.20. The molecule has 0 fully saturated rings. The zero-order valence-corrected chi connectivity index (χ0v) is 11.1. The molecule has 1 amide bonds. The van der Waals surface area contributed by atoms with E-state index in [0.29, 0.717) is 0 Å². The average molecular weight is 299 g/mol. The Morgan fingerprint density at radius 3 is 2.70 bits per heavy atom. The summed E-state index contributed by atoms with van der Waals surface area (Å²) in [5, 5.41) is 10.6. The maximum absolute atomic E-state index is 13.6. The van der Waals surface area contributed by atoms with Crippen LogP contribution >= 0.6 is 0 Å². The van der Waals surface area contributed by atoms with Gasteiger partial charge in [0.2, 0.25) is 10.0 Å². The third-order valence-electron chi connectivity index (χ3n) is 2.51. The number of carbonyl (C=O) groups excluding carboxylic acids is 1. The molecule has 9 heteroatoms. The lowest BCUT2D eigenvalue weighted by Gasteiger charge is -2.07. The predicted molar refractivity (Wildman–Crippen MR) is 67.0 cm³/mol. The molecule has 1 aromatic carbocycles. The van der Waals surface area contributed by atoms with Crippen molar-refractivity contribution in [1.82, 2.24) is 5.16 Å². The molecule has 1 aromatic heterocycles. The number of rotatable bonds is 3. The number of hydrogen-bond donors (Lipinski definition) is 2. The number of halogens is 1. The molecule has 0 saturated carbocycles. The van der Waals surface area contributed by atoms with E-state index in [1.807, 2.05) is 0 Å². The normalized spacial score (nSPS) is 11.3. The molecule has 0 aliphatic rings. The van der Waals surface area contributed by atoms with Crippen molar-refractivity contribution < 1.29 is 22.1 Å². The van der Waals surface area contributed by atoms with Gasteiger partial charge in [-0.1, -0.05) is 5.16 Å². The lowest BCUT2D eigenvalue weighted by Crippen LogP contribution is -2.16. The molecule has 0 aliphatic heterocycles. The molecular formula is C11H10FN3O4S. The van der Waals surface area contributed by atoms with Crippen molar-refractivity contribution in [1.29, 1.82) is 0 Å². The fourth-order valence-electron chi connectivity index (χ4n) is 1.48. The van der Waals surface area contributed by atoms with Gasteiger partial charge in [0.1, 0.15) is 17.1 Å². The Balaban J connectivity index is 2.34. The number of primary sulfonamides is 1. The van der Waals surface area contributed by atoms with E-state index in [-0.39, 0.29) is 21.9 Å². The molecule has 0 atom stereocenters. The Morgan fingerprint density at radius 1 is 1.45 bits per heavy atom. The van der Waals surface area contributed by atoms with E-state index in [9.17, 15) is 17.6 Å². The van der Waals surface area contributed by atoms with Gasteiger partial charge in [0, 0.05) is 0 Å². The molecule has 2 aromatic rings. The van der Waals surface area contributed by atoms with Crippen LogP contribution in [0.2, 0.25) is 0 Å². The maximum atomic E-state index is 13.6. The number of benzene rings is 1. The number of amides is 1. The molecule has 0 spiro atoms. The van der Waals surface area contributed by atoms with Crippen molar-refractivity contribution in [3.8, 4) is 0 Å². The number of anilines is 1. The van der Waals surface area contributed by atoms with E-state index in [2.05, 4.69) is 10.5 Å². The number of hydrogen-bond acceptors (Lipinski definition) is 5. The number of aryl methyl sites for hydroxylation is 1. The van der Waals surface area contributed by atoms with Crippen molar-refractivity contribution in [3.05, 3.63) is 41.5 Å². The molecule has 20 heavy (non-hydrogen) atoms. The van der Waals surface area contributed by atoms with Crippen molar-refractivity contribution >= 4 is 21.6 Å². The van der Waals surface area contributed by atoms with E-state index < -0.39 is 21.7 Å². The summed E-state index contributed by atoms with van der Waals surface area (Å²) in [5.41, 5.74) is -0.187. The first-order chi connectivity index (χ1) is 9.29. The van der Waals surface area contributed by atoms with Crippen LogP contribution in [0.25, 0.3) is 0 Å². The topological polar surface area (TPSA) is 115 Å². The zero-order valence-electron chi connectivity index (χ0n) is 10.3. The van der Waals surface area contributed by atoms with Gasteiger partial charge in [-0.15, -0.1) is 0 Å². The lowest BCUT2D eigenvalue weighted by atomic mass is 10.2. The summed E-state index contributed by atoms with van der Waals surface area (Å²) < 4.78 is 40.6. The number of nitrogens with two attached hydrogens (primary N) is 1. The number of carbonyl (C=O) groups is 1. The first kappa shape index (κ1) is 14.2. The standard InChI is InChI=1S/C11H10FN3O4S/c1-6-8(5-14-19-6)11(16)15-10-4-7(20(13,17)18)2-3-9(10)12/h2-5H,1H3,(H,15,16)(H2,13,17,18). The predicted octanol–water partition coefficient (Wildman–Crippen LogP) is 1.02. The molecule has 7 nitrogen and oxygen atoms in total. The fourth-order valence-corrected chi connectivity index (χ4v) is 2.02. The highest BCUT2D eigenvalue weighted by atomic mass is 32.2. The molecule has 1 heterocycles. The van der Waals surface area contributed by atoms with Crippen LogP contribution in [0.5, 0.6) is 0 Å². The summed E-state index contributed by atoms with van der Waals surface area (Å²) in [4.78, 5) is 11.5. The largest absolute Gasteiger partial charge is 0.361 e. The second kappa shape index (κ2) is 5.02. The number of nitrogens with zero attached hydrogens (tertiary/aromatic N) is 1. The minimum absolute atomic E-state index is 0.116. The molecule has 0 aliphatic carbocycles. The molecule has 3 N–H and O–H groups in total. The Kier molecular flexibility index (Phi) is 3.55. The van der Waals surface area contributed by atoms with Gasteiger partial charge >= 0.3 is 0 Å². The van der Waals surface area contributed by atoms with Crippen molar-refractivity contribution in [2.45, 2.75) is 11.8 Å². The number of nitrogens with one attached hydrogen (secondary N) is 1. The third-order valence-corrected chi connectivity index (χ3v) is 3.42. The molecule has 106 valence electrons. The van der Waals surface area contributed by atoms with Gasteiger partial charge in [-0.2, -0.15) is 0 Å². The van der Waals surface area contributed by atoms with E-state index in [4.69, 9.17) is 9.66 Å². The minimum atomic E-state index is -3.99. The molecule has 0 radical (unpaired) electrons. The Labute approximate surface area is 113 Å². The number of sulfonamides is 1. The Morgan fingerprint density at radius 2 is 2.15 bits per heavy atom. The molecule has 0 saturated heterocycles. The van der Waals surface area contributed by atoms with Crippen LogP contribution in [0.15, 0.2) is 33.8 Å². The van der Waals surface area contributed by atoms with E-state index in [1.165, 1.54) is 13.1 Å². The van der Waals surface area contributed by atoms with Crippen LogP contribution in [-0.2, 0) is 10.0 Å². The van der Waals surface area contributed by atoms with Crippen LogP contribution in [0, 0.1) is 12.7 Å². The van der Waals surface area contributed by atoms with E-state index in [0.717, 1.165) is 18.2 Å². The number of aromatic nitrogens is 1. The van der Waals surface area contributed by atoms with Gasteiger partial charge in [0.05, 0.1) is 16.8 Å². The molecule has 0 unspecified atom stereocenters. The molecule has 2 rings (SSSR count). The molecule has 0 bridgehead atoms. The monoisotopic (exact) mass is 299 g/mol. The minimum Gasteiger partial charge on any atom is -0.361 e. The average Bonchev–Trinajstić information content (AvgIpc) is 2.77. The van der Waals surface area contributed by atoms with Crippen molar-refractivity contribution in [3.63, 3.8) is 0 Å². The molecular weight excluding hydrogens is 289 g/mol. The second-order valence-electron chi connectivity index (χ2n) is 3.94. The summed E-state index contributed by atoms with van der Waals surface area (Å²) in [7, 11) is -3.99. The van der Waals surface area contributed by atoms with Gasteiger partial charge in [0.25, 0.3) is 5.91 Å². The highest BCUT2D eigenvalue weighted by Gasteiger charge is 2.17. The SMILES string of the molecule is Cc1oncc1C(=O)Nc1cc(S(N)(=O)=O)ccc1F. The zero-order chi connectivity index (χ0) is 14.9. The van der Waals surface area contributed by atoms with E-state index >= 15 is 0 Å². The summed E-state index contributed by atoms with van der Waals surface area (Å²) in [6, 6.07) is 2.84. The Bertz CT molecular complexity index is 770. The first-order valence-corrected chi connectivity index (χ1v) is 6.88. The van der Waals surface area contributed by atoms with Crippen LogP contribution in [0.3, 0.4) is 0 Å². The smallest absolute Gasteiger partial charge is 0.260 e. The summed E-state index contributed by atoms with van der Waals surface area (Å²) in [6.07, 6.45) is 1.17.